The number of para-hydroxylation sites is 1. The molecule has 2 aromatic heterocycles. The van der Waals surface area contributed by atoms with Crippen LogP contribution in [0.1, 0.15) is 42.1 Å². The van der Waals surface area contributed by atoms with E-state index in [2.05, 4.69) is 23.7 Å². The van der Waals surface area contributed by atoms with E-state index in [4.69, 9.17) is 9.72 Å². The zero-order chi connectivity index (χ0) is 22.5. The monoisotopic (exact) mass is 443 g/mol. The lowest BCUT2D eigenvalue weighted by molar-refractivity contribution is 0.0628. The van der Waals surface area contributed by atoms with Crippen LogP contribution in [0.2, 0.25) is 0 Å². The Kier molecular flexibility index (Phi) is 7.86. The van der Waals surface area contributed by atoms with Crippen molar-refractivity contribution in [3.8, 4) is 5.75 Å². The largest absolute Gasteiger partial charge is 0.491 e. The molecule has 0 saturated heterocycles. The number of aryl methyl sites for hydroxylation is 3. The number of aromatic amines is 1. The molecular weight excluding hydrogens is 410 g/mol. The smallest absolute Gasteiger partial charge is 0.259 e. The summed E-state index contributed by atoms with van der Waals surface area (Å²) in [7, 11) is 0. The number of benzene rings is 1. The Morgan fingerprint density at radius 1 is 1.23 bits per heavy atom. The molecule has 3 rings (SSSR count). The van der Waals surface area contributed by atoms with E-state index in [-0.39, 0.29) is 12.2 Å². The van der Waals surface area contributed by atoms with Gasteiger partial charge < -0.3 is 14.8 Å². The summed E-state index contributed by atoms with van der Waals surface area (Å²) in [6.45, 7) is 12.3. The van der Waals surface area contributed by atoms with Crippen molar-refractivity contribution in [2.45, 2.75) is 53.7 Å². The van der Waals surface area contributed by atoms with E-state index in [9.17, 15) is 9.90 Å². The number of aliphatic hydroxyl groups excluding tert-OH is 1. The number of aromatic nitrogens is 2. The third-order valence-corrected chi connectivity index (χ3v) is 6.58. The Bertz CT molecular complexity index is 1070. The molecule has 1 atom stereocenters. The molecule has 0 amide bonds. The molecule has 168 valence electrons. The maximum atomic E-state index is 12.6. The summed E-state index contributed by atoms with van der Waals surface area (Å²) in [5.74, 6) is 1.96. The summed E-state index contributed by atoms with van der Waals surface area (Å²) in [5, 5.41) is 11.3. The molecule has 0 radical (unpaired) electrons. The van der Waals surface area contributed by atoms with Crippen LogP contribution in [0.4, 0.5) is 0 Å². The molecule has 0 spiro atoms. The van der Waals surface area contributed by atoms with Crippen molar-refractivity contribution < 1.29 is 9.84 Å². The topological polar surface area (TPSA) is 78.5 Å². The van der Waals surface area contributed by atoms with E-state index in [1.54, 1.807) is 11.3 Å². The fourth-order valence-corrected chi connectivity index (χ4v) is 4.57. The Morgan fingerprint density at radius 2 is 1.97 bits per heavy atom. The molecule has 0 aliphatic carbocycles. The number of nitrogens with one attached hydrogen (secondary N) is 1. The maximum absolute atomic E-state index is 12.6. The first kappa shape index (κ1) is 23.4. The first-order valence-electron chi connectivity index (χ1n) is 10.8. The normalized spacial score (nSPS) is 12.8. The molecule has 0 saturated carbocycles. The minimum atomic E-state index is -0.645. The highest BCUT2D eigenvalue weighted by Crippen LogP contribution is 2.26. The first-order valence-corrected chi connectivity index (χ1v) is 11.6. The zero-order valence-corrected chi connectivity index (χ0v) is 19.9. The van der Waals surface area contributed by atoms with Gasteiger partial charge in [0.15, 0.2) is 0 Å². The fourth-order valence-electron chi connectivity index (χ4n) is 3.52. The summed E-state index contributed by atoms with van der Waals surface area (Å²) < 4.78 is 5.82. The summed E-state index contributed by atoms with van der Waals surface area (Å²) in [4.78, 5) is 24.3. The second kappa shape index (κ2) is 10.4. The molecule has 0 fully saturated rings. The number of rotatable bonds is 10. The minimum absolute atomic E-state index is 0.0888. The van der Waals surface area contributed by atoms with Gasteiger partial charge in [-0.3, -0.25) is 9.69 Å². The van der Waals surface area contributed by atoms with Crippen LogP contribution in [-0.4, -0.2) is 45.8 Å². The average Bonchev–Trinajstić information content (AvgIpc) is 2.99. The number of hydrogen-bond donors (Lipinski definition) is 2. The van der Waals surface area contributed by atoms with Crippen molar-refractivity contribution >= 4 is 21.6 Å². The number of aliphatic hydroxyl groups is 1. The van der Waals surface area contributed by atoms with Crippen LogP contribution in [-0.2, 0) is 6.54 Å². The van der Waals surface area contributed by atoms with Gasteiger partial charge in [-0.25, -0.2) is 4.98 Å². The third kappa shape index (κ3) is 6.15. The van der Waals surface area contributed by atoms with Crippen LogP contribution in [0.5, 0.6) is 5.75 Å². The van der Waals surface area contributed by atoms with Crippen molar-refractivity contribution in [1.29, 1.82) is 0 Å². The second-order valence-electron chi connectivity index (χ2n) is 8.62. The van der Waals surface area contributed by atoms with E-state index >= 15 is 0 Å². The Balaban J connectivity index is 1.70. The van der Waals surface area contributed by atoms with Crippen LogP contribution in [0.3, 0.4) is 0 Å². The van der Waals surface area contributed by atoms with Gasteiger partial charge in [0.1, 0.15) is 29.1 Å². The molecule has 3 aromatic rings. The highest BCUT2D eigenvalue weighted by molar-refractivity contribution is 7.18. The van der Waals surface area contributed by atoms with E-state index in [1.165, 1.54) is 0 Å². The quantitative estimate of drug-likeness (QED) is 0.491. The predicted molar refractivity (Wildman–Crippen MR) is 127 cm³/mol. The van der Waals surface area contributed by atoms with Gasteiger partial charge in [-0.05, 0) is 56.8 Å². The van der Waals surface area contributed by atoms with Crippen molar-refractivity contribution in [2.75, 3.05) is 19.7 Å². The van der Waals surface area contributed by atoms with E-state index in [0.717, 1.165) is 39.5 Å². The summed E-state index contributed by atoms with van der Waals surface area (Å²) in [6, 6.07) is 7.79. The van der Waals surface area contributed by atoms with E-state index in [0.29, 0.717) is 30.2 Å². The maximum Gasteiger partial charge on any atom is 0.259 e. The molecule has 2 N–H and O–H groups in total. The number of hydrogen-bond acceptors (Lipinski definition) is 6. The summed E-state index contributed by atoms with van der Waals surface area (Å²) >= 11 is 1.55. The SMILES string of the molecule is Cc1ccccc1OC[C@H](O)CN(CCC(C)C)Cc1nc2sc(C)c(C)c2c(=O)[nH]1. The number of ether oxygens (including phenoxy) is 1. The minimum Gasteiger partial charge on any atom is -0.491 e. The lowest BCUT2D eigenvalue weighted by Crippen LogP contribution is -2.37. The van der Waals surface area contributed by atoms with Gasteiger partial charge in [-0.15, -0.1) is 11.3 Å². The van der Waals surface area contributed by atoms with Crippen LogP contribution in [0.15, 0.2) is 29.1 Å². The van der Waals surface area contributed by atoms with Crippen molar-refractivity contribution in [3.63, 3.8) is 0 Å². The molecule has 2 heterocycles. The fraction of sp³-hybridized carbons (Fsp3) is 0.500. The van der Waals surface area contributed by atoms with Gasteiger partial charge in [0.05, 0.1) is 11.9 Å². The Hall–Kier alpha value is -2.22. The van der Waals surface area contributed by atoms with E-state index < -0.39 is 6.10 Å². The summed E-state index contributed by atoms with van der Waals surface area (Å²) in [5.41, 5.74) is 1.96. The Labute approximate surface area is 187 Å². The standard InChI is InChI=1S/C24H33N3O3S/c1-15(2)10-11-27(12-19(28)14-30-20-9-7-6-8-16(20)3)13-21-25-23(29)22-17(4)18(5)31-24(22)26-21/h6-9,15,19,28H,10-14H2,1-5H3,(H,25,26,29)/t19-/m1/s1. The van der Waals surface area contributed by atoms with E-state index in [1.807, 2.05) is 45.0 Å². The average molecular weight is 444 g/mol. The van der Waals surface area contributed by atoms with Gasteiger partial charge >= 0.3 is 0 Å². The first-order chi connectivity index (χ1) is 14.7. The molecule has 0 unspecified atom stereocenters. The highest BCUT2D eigenvalue weighted by Gasteiger charge is 2.17. The molecule has 7 heteroatoms. The zero-order valence-electron chi connectivity index (χ0n) is 19.1. The Morgan fingerprint density at radius 3 is 2.68 bits per heavy atom. The number of thiophene rings is 1. The van der Waals surface area contributed by atoms with Crippen molar-refractivity contribution in [1.82, 2.24) is 14.9 Å². The number of nitrogens with zero attached hydrogens (tertiary/aromatic N) is 2. The molecule has 1 aromatic carbocycles. The van der Waals surface area contributed by atoms with Crippen LogP contribution < -0.4 is 10.3 Å². The van der Waals surface area contributed by atoms with Gasteiger partial charge in [-0.1, -0.05) is 32.0 Å². The van der Waals surface area contributed by atoms with Gasteiger partial charge in [0, 0.05) is 11.4 Å². The number of fused-ring (bicyclic) bond motifs is 1. The highest BCUT2D eigenvalue weighted by atomic mass is 32.1. The van der Waals surface area contributed by atoms with Gasteiger partial charge in [0.2, 0.25) is 0 Å². The molecule has 6 nitrogen and oxygen atoms in total. The third-order valence-electron chi connectivity index (χ3n) is 5.48. The van der Waals surface area contributed by atoms with Crippen LogP contribution in [0.25, 0.3) is 10.2 Å². The van der Waals surface area contributed by atoms with Crippen LogP contribution >= 0.6 is 11.3 Å². The summed E-state index contributed by atoms with van der Waals surface area (Å²) in [6.07, 6.45) is 0.350. The molecule has 0 aliphatic heterocycles. The predicted octanol–water partition coefficient (Wildman–Crippen LogP) is 4.20. The molecular formula is C24H33N3O3S. The molecule has 0 aliphatic rings. The lowest BCUT2D eigenvalue weighted by Gasteiger charge is -2.25. The molecule has 0 bridgehead atoms. The van der Waals surface area contributed by atoms with Gasteiger partial charge in [-0.2, -0.15) is 0 Å². The lowest BCUT2D eigenvalue weighted by atomic mass is 10.1. The van der Waals surface area contributed by atoms with Crippen LogP contribution in [0, 0.1) is 26.7 Å². The van der Waals surface area contributed by atoms with Gasteiger partial charge in [0.25, 0.3) is 5.56 Å². The second-order valence-corrected chi connectivity index (χ2v) is 9.83. The van der Waals surface area contributed by atoms with Crippen molar-refractivity contribution in [3.05, 3.63) is 56.4 Å². The van der Waals surface area contributed by atoms with Crippen molar-refractivity contribution in [2.24, 2.45) is 5.92 Å². The molecule has 31 heavy (non-hydrogen) atoms. The number of H-pyrrole nitrogens is 1.